The molecular weight excluding hydrogens is 414 g/mol. The van der Waals surface area contributed by atoms with Crippen molar-refractivity contribution in [1.29, 1.82) is 0 Å². The summed E-state index contributed by atoms with van der Waals surface area (Å²) in [5.74, 6) is 3.15. The lowest BCUT2D eigenvalue weighted by atomic mass is 9.95. The van der Waals surface area contributed by atoms with Gasteiger partial charge in [-0.05, 0) is 37.1 Å². The maximum atomic E-state index is 5.98. The lowest BCUT2D eigenvalue weighted by Gasteiger charge is -2.33. The molecule has 1 aromatic carbocycles. The second kappa shape index (κ2) is 8.93. The number of anilines is 1. The Balaban J connectivity index is 1.56. The van der Waals surface area contributed by atoms with Crippen molar-refractivity contribution in [2.45, 2.75) is 51.6 Å². The van der Waals surface area contributed by atoms with Crippen LogP contribution in [-0.4, -0.2) is 40.3 Å². The van der Waals surface area contributed by atoms with Crippen molar-refractivity contribution in [2.24, 2.45) is 0 Å². The van der Waals surface area contributed by atoms with Crippen molar-refractivity contribution in [2.75, 3.05) is 25.1 Å². The first kappa shape index (κ1) is 21.7. The van der Waals surface area contributed by atoms with E-state index in [0.717, 1.165) is 48.8 Å². The number of halogens is 1. The van der Waals surface area contributed by atoms with E-state index < -0.39 is 0 Å². The van der Waals surface area contributed by atoms with Crippen LogP contribution < -0.4 is 4.90 Å². The molecule has 1 unspecified atom stereocenters. The Morgan fingerprint density at radius 1 is 1.16 bits per heavy atom. The van der Waals surface area contributed by atoms with Crippen LogP contribution in [0.3, 0.4) is 0 Å². The molecule has 0 aliphatic carbocycles. The minimum Gasteiger partial charge on any atom is -0.378 e. The predicted molar refractivity (Wildman–Crippen MR) is 120 cm³/mol. The van der Waals surface area contributed by atoms with Gasteiger partial charge in [0.1, 0.15) is 11.6 Å². The average molecular weight is 442 g/mol. The van der Waals surface area contributed by atoms with Crippen LogP contribution in [0, 0.1) is 0 Å². The molecule has 164 valence electrons. The van der Waals surface area contributed by atoms with Gasteiger partial charge in [0.05, 0.1) is 18.2 Å². The molecule has 0 saturated carbocycles. The molecule has 1 fully saturated rings. The summed E-state index contributed by atoms with van der Waals surface area (Å²) in [6.45, 7) is 8.54. The molecule has 3 heterocycles. The van der Waals surface area contributed by atoms with Crippen LogP contribution in [0.25, 0.3) is 11.4 Å². The van der Waals surface area contributed by atoms with Gasteiger partial charge in [0.2, 0.25) is 11.7 Å². The number of ether oxygens (including phenoxy) is 1. The van der Waals surface area contributed by atoms with E-state index in [9.17, 15) is 0 Å². The van der Waals surface area contributed by atoms with Crippen molar-refractivity contribution >= 4 is 17.4 Å². The topological polar surface area (TPSA) is 77.2 Å². The van der Waals surface area contributed by atoms with E-state index in [1.54, 1.807) is 7.11 Å². The molecule has 2 aromatic heterocycles. The van der Waals surface area contributed by atoms with E-state index in [1.165, 1.54) is 0 Å². The number of aromatic nitrogens is 4. The average Bonchev–Trinajstić information content (AvgIpc) is 3.24. The molecule has 0 radical (unpaired) electrons. The van der Waals surface area contributed by atoms with E-state index in [-0.39, 0.29) is 11.3 Å². The fourth-order valence-corrected chi connectivity index (χ4v) is 3.83. The summed E-state index contributed by atoms with van der Waals surface area (Å²) in [5.41, 5.74) is 1.64. The first-order valence-electron chi connectivity index (χ1n) is 10.6. The van der Waals surface area contributed by atoms with E-state index in [2.05, 4.69) is 35.8 Å². The van der Waals surface area contributed by atoms with E-state index in [1.807, 2.05) is 30.3 Å². The summed E-state index contributed by atoms with van der Waals surface area (Å²) in [4.78, 5) is 16.5. The highest BCUT2D eigenvalue weighted by Gasteiger charge is 2.28. The number of methoxy groups -OCH3 is 1. The van der Waals surface area contributed by atoms with Gasteiger partial charge in [-0.25, -0.2) is 9.97 Å². The van der Waals surface area contributed by atoms with E-state index >= 15 is 0 Å². The SMILES string of the molecule is COCc1cc(N2CCCC(c3nc(-c4ccc(Cl)cc4)no3)C2)nc(C(C)(C)C)n1. The van der Waals surface area contributed by atoms with Crippen LogP contribution in [0.5, 0.6) is 0 Å². The van der Waals surface area contributed by atoms with Gasteiger partial charge in [0.15, 0.2) is 0 Å². The number of nitrogens with zero attached hydrogens (tertiary/aromatic N) is 5. The number of hydrogen-bond donors (Lipinski definition) is 0. The normalized spacial score (nSPS) is 17.2. The molecule has 1 aliphatic rings. The summed E-state index contributed by atoms with van der Waals surface area (Å²) in [5, 5.41) is 4.87. The van der Waals surface area contributed by atoms with Gasteiger partial charge in [-0.1, -0.05) is 37.5 Å². The maximum absolute atomic E-state index is 5.98. The third-order valence-electron chi connectivity index (χ3n) is 5.37. The van der Waals surface area contributed by atoms with Crippen LogP contribution in [0.4, 0.5) is 5.82 Å². The molecule has 4 rings (SSSR count). The summed E-state index contributed by atoms with van der Waals surface area (Å²) in [7, 11) is 1.68. The highest BCUT2D eigenvalue weighted by molar-refractivity contribution is 6.30. The van der Waals surface area contributed by atoms with Crippen molar-refractivity contribution in [3.8, 4) is 11.4 Å². The van der Waals surface area contributed by atoms with Gasteiger partial charge in [-0.2, -0.15) is 4.98 Å². The number of benzene rings is 1. The maximum Gasteiger partial charge on any atom is 0.231 e. The van der Waals surface area contributed by atoms with E-state index in [0.29, 0.717) is 23.3 Å². The molecule has 3 aromatic rings. The van der Waals surface area contributed by atoms with Crippen LogP contribution >= 0.6 is 11.6 Å². The predicted octanol–water partition coefficient (Wildman–Crippen LogP) is 5.01. The Hall–Kier alpha value is -2.51. The second-order valence-electron chi connectivity index (χ2n) is 8.97. The van der Waals surface area contributed by atoms with Crippen LogP contribution in [0.2, 0.25) is 5.02 Å². The fraction of sp³-hybridized carbons (Fsp3) is 0.478. The van der Waals surface area contributed by atoms with Crippen molar-refractivity contribution < 1.29 is 9.26 Å². The van der Waals surface area contributed by atoms with E-state index in [4.69, 9.17) is 30.8 Å². The van der Waals surface area contributed by atoms with Crippen molar-refractivity contribution in [3.63, 3.8) is 0 Å². The molecule has 1 saturated heterocycles. The third kappa shape index (κ3) is 5.05. The smallest absolute Gasteiger partial charge is 0.231 e. The van der Waals surface area contributed by atoms with Crippen LogP contribution in [0.1, 0.15) is 56.9 Å². The number of hydrogen-bond acceptors (Lipinski definition) is 7. The quantitative estimate of drug-likeness (QED) is 0.550. The van der Waals surface area contributed by atoms with Gasteiger partial charge in [-0.15, -0.1) is 0 Å². The molecule has 0 bridgehead atoms. The molecular formula is C23H28ClN5O2. The lowest BCUT2D eigenvalue weighted by Crippen LogP contribution is -2.36. The molecule has 31 heavy (non-hydrogen) atoms. The third-order valence-corrected chi connectivity index (χ3v) is 5.62. The van der Waals surface area contributed by atoms with Gasteiger partial charge < -0.3 is 14.2 Å². The van der Waals surface area contributed by atoms with Gasteiger partial charge in [0, 0.05) is 42.3 Å². The molecule has 8 heteroatoms. The van der Waals surface area contributed by atoms with Crippen LogP contribution in [-0.2, 0) is 16.8 Å². The summed E-state index contributed by atoms with van der Waals surface area (Å²) in [6, 6.07) is 9.48. The molecule has 0 amide bonds. The zero-order valence-corrected chi connectivity index (χ0v) is 19.2. The Kier molecular flexibility index (Phi) is 6.25. The Morgan fingerprint density at radius 2 is 1.94 bits per heavy atom. The summed E-state index contributed by atoms with van der Waals surface area (Å²) in [6.07, 6.45) is 2.03. The summed E-state index contributed by atoms with van der Waals surface area (Å²) < 4.78 is 11.0. The molecule has 1 aliphatic heterocycles. The largest absolute Gasteiger partial charge is 0.378 e. The van der Waals surface area contributed by atoms with Gasteiger partial charge >= 0.3 is 0 Å². The monoisotopic (exact) mass is 441 g/mol. The summed E-state index contributed by atoms with van der Waals surface area (Å²) >= 11 is 5.98. The Morgan fingerprint density at radius 3 is 2.65 bits per heavy atom. The standard InChI is InChI=1S/C23H28ClN5O2/c1-23(2,3)22-25-18(14-30-4)12-19(26-22)29-11-5-6-16(13-29)21-27-20(28-31-21)15-7-9-17(24)10-8-15/h7-10,12,16H,5-6,11,13-14H2,1-4H3. The van der Waals surface area contributed by atoms with Crippen molar-refractivity contribution in [1.82, 2.24) is 20.1 Å². The van der Waals surface area contributed by atoms with Crippen LogP contribution in [0.15, 0.2) is 34.9 Å². The zero-order valence-electron chi connectivity index (χ0n) is 18.4. The number of piperidine rings is 1. The molecule has 0 spiro atoms. The highest BCUT2D eigenvalue weighted by Crippen LogP contribution is 2.31. The first-order valence-corrected chi connectivity index (χ1v) is 10.9. The Labute approximate surface area is 187 Å². The molecule has 0 N–H and O–H groups in total. The van der Waals surface area contributed by atoms with Crippen molar-refractivity contribution in [3.05, 3.63) is 52.8 Å². The lowest BCUT2D eigenvalue weighted by molar-refractivity contribution is 0.181. The molecule has 7 nitrogen and oxygen atoms in total. The Bertz CT molecular complexity index is 1030. The first-order chi connectivity index (χ1) is 14.8. The van der Waals surface area contributed by atoms with Gasteiger partial charge in [-0.3, -0.25) is 0 Å². The minimum atomic E-state index is -0.145. The second-order valence-corrected chi connectivity index (χ2v) is 9.41. The molecule has 1 atom stereocenters. The van der Waals surface area contributed by atoms with Gasteiger partial charge in [0.25, 0.3) is 0 Å². The fourth-order valence-electron chi connectivity index (χ4n) is 3.71. The zero-order chi connectivity index (χ0) is 22.0. The number of rotatable bonds is 5. The highest BCUT2D eigenvalue weighted by atomic mass is 35.5. The minimum absolute atomic E-state index is 0.145.